The van der Waals surface area contributed by atoms with Gasteiger partial charge in [-0.1, -0.05) is 12.1 Å². The maximum absolute atomic E-state index is 13.0. The Morgan fingerprint density at radius 3 is 2.67 bits per heavy atom. The molecule has 3 N–H and O–H groups in total. The SMILES string of the molecule is CN=C(NN)c1ccccc1F. The van der Waals surface area contributed by atoms with Crippen molar-refractivity contribution in [3.63, 3.8) is 0 Å². The van der Waals surface area contributed by atoms with E-state index in [4.69, 9.17) is 5.84 Å². The Kier molecular flexibility index (Phi) is 2.76. The van der Waals surface area contributed by atoms with Gasteiger partial charge in [-0.05, 0) is 12.1 Å². The van der Waals surface area contributed by atoms with Gasteiger partial charge >= 0.3 is 0 Å². The van der Waals surface area contributed by atoms with E-state index in [2.05, 4.69) is 10.4 Å². The molecule has 0 bridgehead atoms. The lowest BCUT2D eigenvalue weighted by Crippen LogP contribution is -2.31. The number of benzene rings is 1. The van der Waals surface area contributed by atoms with E-state index in [0.29, 0.717) is 11.4 Å². The van der Waals surface area contributed by atoms with Crippen LogP contribution in [0.25, 0.3) is 0 Å². The number of nitrogens with zero attached hydrogens (tertiary/aromatic N) is 1. The Balaban J connectivity index is 3.10. The molecule has 0 spiro atoms. The van der Waals surface area contributed by atoms with Crippen molar-refractivity contribution < 1.29 is 4.39 Å². The second-order valence-corrected chi connectivity index (χ2v) is 2.20. The highest BCUT2D eigenvalue weighted by atomic mass is 19.1. The second-order valence-electron chi connectivity index (χ2n) is 2.20. The number of nitrogens with two attached hydrogens (primary N) is 1. The van der Waals surface area contributed by atoms with Crippen molar-refractivity contribution in [1.82, 2.24) is 5.43 Å². The minimum absolute atomic E-state index is 0.337. The molecule has 0 radical (unpaired) electrons. The van der Waals surface area contributed by atoms with Crippen LogP contribution in [0.3, 0.4) is 0 Å². The van der Waals surface area contributed by atoms with Crippen LogP contribution < -0.4 is 11.3 Å². The number of nitrogens with one attached hydrogen (secondary N) is 1. The summed E-state index contributed by atoms with van der Waals surface area (Å²) in [5, 5.41) is 0. The van der Waals surface area contributed by atoms with E-state index in [1.165, 1.54) is 6.07 Å². The molecule has 0 aliphatic rings. The van der Waals surface area contributed by atoms with Crippen molar-refractivity contribution in [1.29, 1.82) is 0 Å². The Morgan fingerprint density at radius 1 is 1.50 bits per heavy atom. The molecule has 0 saturated heterocycles. The zero-order valence-electron chi connectivity index (χ0n) is 6.71. The van der Waals surface area contributed by atoms with E-state index in [-0.39, 0.29) is 5.82 Å². The van der Waals surface area contributed by atoms with Crippen LogP contribution in [0, 0.1) is 5.82 Å². The third-order valence-electron chi connectivity index (χ3n) is 1.49. The van der Waals surface area contributed by atoms with Gasteiger partial charge in [-0.3, -0.25) is 4.99 Å². The van der Waals surface area contributed by atoms with Crippen LogP contribution in [0.4, 0.5) is 4.39 Å². The fourth-order valence-electron chi connectivity index (χ4n) is 0.916. The first-order valence-electron chi connectivity index (χ1n) is 3.48. The van der Waals surface area contributed by atoms with Crippen molar-refractivity contribution in [2.24, 2.45) is 10.8 Å². The van der Waals surface area contributed by atoms with Crippen LogP contribution in [-0.4, -0.2) is 12.9 Å². The van der Waals surface area contributed by atoms with Crippen LogP contribution in [0.15, 0.2) is 29.3 Å². The van der Waals surface area contributed by atoms with Gasteiger partial charge in [-0.15, -0.1) is 0 Å². The first-order valence-corrected chi connectivity index (χ1v) is 3.48. The molecule has 0 amide bonds. The van der Waals surface area contributed by atoms with Crippen molar-refractivity contribution >= 4 is 5.84 Å². The highest BCUT2D eigenvalue weighted by Crippen LogP contribution is 2.05. The molecule has 0 aromatic heterocycles. The fourth-order valence-corrected chi connectivity index (χ4v) is 0.916. The number of hydrogen-bond acceptors (Lipinski definition) is 2. The summed E-state index contributed by atoms with van der Waals surface area (Å²) in [6, 6.07) is 6.30. The van der Waals surface area contributed by atoms with Gasteiger partial charge < -0.3 is 5.43 Å². The maximum atomic E-state index is 13.0. The lowest BCUT2D eigenvalue weighted by Gasteiger charge is -2.04. The Bertz CT molecular complexity index is 296. The molecule has 0 heterocycles. The average molecular weight is 167 g/mol. The molecule has 3 nitrogen and oxygen atoms in total. The van der Waals surface area contributed by atoms with Crippen molar-refractivity contribution in [2.75, 3.05) is 7.05 Å². The van der Waals surface area contributed by atoms with Crippen LogP contribution >= 0.6 is 0 Å². The number of rotatable bonds is 1. The summed E-state index contributed by atoms with van der Waals surface area (Å²) in [7, 11) is 1.54. The molecule has 0 aliphatic heterocycles. The van der Waals surface area contributed by atoms with Crippen LogP contribution in [0.2, 0.25) is 0 Å². The largest absolute Gasteiger partial charge is 0.308 e. The topological polar surface area (TPSA) is 50.4 Å². The summed E-state index contributed by atoms with van der Waals surface area (Å²) in [5.41, 5.74) is 2.70. The fraction of sp³-hybridized carbons (Fsp3) is 0.125. The molecule has 1 rings (SSSR count). The lowest BCUT2D eigenvalue weighted by atomic mass is 10.2. The quantitative estimate of drug-likeness (QED) is 0.279. The molecular formula is C8H10FN3. The molecule has 0 aliphatic carbocycles. The van der Waals surface area contributed by atoms with Gasteiger partial charge in [0.15, 0.2) is 0 Å². The van der Waals surface area contributed by atoms with Crippen LogP contribution in [0.5, 0.6) is 0 Å². The minimum Gasteiger partial charge on any atom is -0.308 e. The molecule has 0 atom stereocenters. The summed E-state index contributed by atoms with van der Waals surface area (Å²) >= 11 is 0. The van der Waals surface area contributed by atoms with Crippen LogP contribution in [0.1, 0.15) is 5.56 Å². The number of halogens is 1. The molecule has 1 aromatic carbocycles. The summed E-state index contributed by atoms with van der Waals surface area (Å²) in [6.45, 7) is 0. The summed E-state index contributed by atoms with van der Waals surface area (Å²) < 4.78 is 13.0. The van der Waals surface area contributed by atoms with Gasteiger partial charge in [0.1, 0.15) is 11.7 Å². The summed E-state index contributed by atoms with van der Waals surface area (Å²) in [4.78, 5) is 3.78. The van der Waals surface area contributed by atoms with E-state index in [9.17, 15) is 4.39 Å². The predicted octanol–water partition coefficient (Wildman–Crippen LogP) is 0.665. The third kappa shape index (κ3) is 1.60. The van der Waals surface area contributed by atoms with Crippen molar-refractivity contribution in [3.05, 3.63) is 35.6 Å². The van der Waals surface area contributed by atoms with E-state index >= 15 is 0 Å². The molecule has 64 valence electrons. The zero-order valence-corrected chi connectivity index (χ0v) is 6.71. The maximum Gasteiger partial charge on any atom is 0.145 e. The van der Waals surface area contributed by atoms with Gasteiger partial charge in [0.25, 0.3) is 0 Å². The van der Waals surface area contributed by atoms with Crippen molar-refractivity contribution in [3.8, 4) is 0 Å². The lowest BCUT2D eigenvalue weighted by molar-refractivity contribution is 0.624. The smallest absolute Gasteiger partial charge is 0.145 e. The number of amidine groups is 1. The van der Waals surface area contributed by atoms with Gasteiger partial charge in [-0.2, -0.15) is 0 Å². The minimum atomic E-state index is -0.337. The summed E-state index contributed by atoms with van der Waals surface area (Å²) in [6.07, 6.45) is 0. The first kappa shape index (κ1) is 8.67. The predicted molar refractivity (Wildman–Crippen MR) is 46.2 cm³/mol. The Labute approximate surface area is 70.1 Å². The standard InChI is InChI=1S/C8H10FN3/c1-11-8(12-10)6-4-2-3-5-7(6)9/h2-5H,10H2,1H3,(H,11,12). The molecule has 12 heavy (non-hydrogen) atoms. The van der Waals surface area contributed by atoms with Gasteiger partial charge in [0.2, 0.25) is 0 Å². The third-order valence-corrected chi connectivity index (χ3v) is 1.49. The first-order chi connectivity index (χ1) is 5.79. The molecule has 1 aromatic rings. The number of hydrazine groups is 1. The molecule has 4 heteroatoms. The zero-order chi connectivity index (χ0) is 8.97. The molecule has 0 unspecified atom stereocenters. The molecule has 0 fully saturated rings. The van der Waals surface area contributed by atoms with Gasteiger partial charge in [0, 0.05) is 7.05 Å². The number of hydrogen-bond donors (Lipinski definition) is 2. The second kappa shape index (κ2) is 3.82. The highest BCUT2D eigenvalue weighted by Gasteiger charge is 2.05. The normalized spacial score (nSPS) is 11.4. The van der Waals surface area contributed by atoms with E-state index in [1.54, 1.807) is 25.2 Å². The summed E-state index contributed by atoms with van der Waals surface area (Å²) in [5.74, 6) is 5.14. The highest BCUT2D eigenvalue weighted by molar-refractivity contribution is 5.98. The Hall–Kier alpha value is -1.42. The van der Waals surface area contributed by atoms with E-state index < -0.39 is 0 Å². The molecule has 0 saturated carbocycles. The average Bonchev–Trinajstić information content (AvgIpc) is 2.10. The van der Waals surface area contributed by atoms with Crippen molar-refractivity contribution in [2.45, 2.75) is 0 Å². The van der Waals surface area contributed by atoms with E-state index in [0.717, 1.165) is 0 Å². The van der Waals surface area contributed by atoms with Gasteiger partial charge in [0.05, 0.1) is 5.56 Å². The number of aliphatic imine (C=N–C) groups is 1. The van der Waals surface area contributed by atoms with E-state index in [1.807, 2.05) is 0 Å². The van der Waals surface area contributed by atoms with Gasteiger partial charge in [-0.25, -0.2) is 10.2 Å². The van der Waals surface area contributed by atoms with Crippen LogP contribution in [-0.2, 0) is 0 Å². The Morgan fingerprint density at radius 2 is 2.17 bits per heavy atom. The molecular weight excluding hydrogens is 157 g/mol. The monoisotopic (exact) mass is 167 g/mol.